The van der Waals surface area contributed by atoms with Crippen molar-refractivity contribution in [3.8, 4) is 5.75 Å². The quantitative estimate of drug-likeness (QED) is 0.637. The summed E-state index contributed by atoms with van der Waals surface area (Å²) in [6, 6.07) is 12.2. The number of anilines is 1. The second kappa shape index (κ2) is 8.90. The molecule has 2 aromatic carbocycles. The van der Waals surface area contributed by atoms with Gasteiger partial charge in [0.25, 0.3) is 11.8 Å². The van der Waals surface area contributed by atoms with Crippen LogP contribution in [0.3, 0.4) is 0 Å². The first-order valence-corrected chi connectivity index (χ1v) is 10.7. The molecular weight excluding hydrogens is 435 g/mol. The molecular formula is C24H24F3N3O3. The normalized spacial score (nSPS) is 17.8. The number of rotatable bonds is 5. The molecule has 4 rings (SSSR count). The van der Waals surface area contributed by atoms with Gasteiger partial charge in [-0.05, 0) is 31.2 Å². The SMILES string of the molecule is CCN1CCN(C2=C(c3ccc(C)cc3)C(=O)N(c3cccc(OC(F)(F)F)c3)C2=O)CC1. The zero-order valence-corrected chi connectivity index (χ0v) is 18.4. The Morgan fingerprint density at radius 3 is 2.21 bits per heavy atom. The number of carbonyl (C=O) groups is 2. The van der Waals surface area contributed by atoms with Gasteiger partial charge in [-0.15, -0.1) is 13.2 Å². The number of amides is 2. The molecule has 9 heteroatoms. The maximum Gasteiger partial charge on any atom is 0.573 e. The third-order valence-electron chi connectivity index (χ3n) is 5.84. The molecule has 2 aliphatic rings. The van der Waals surface area contributed by atoms with Gasteiger partial charge in [-0.2, -0.15) is 0 Å². The second-order valence-corrected chi connectivity index (χ2v) is 8.00. The standard InChI is InChI=1S/C24H24F3N3O3/c1-3-28-11-13-29(14-12-28)21-20(17-9-7-16(2)8-10-17)22(31)30(23(21)32)18-5-4-6-19(15-18)33-24(25,26)27/h4-10,15H,3,11-14H2,1-2H3. The van der Waals surface area contributed by atoms with Gasteiger partial charge in [0.05, 0.1) is 11.3 Å². The Bertz CT molecular complexity index is 1090. The Morgan fingerprint density at radius 1 is 0.939 bits per heavy atom. The average molecular weight is 459 g/mol. The number of carbonyl (C=O) groups excluding carboxylic acids is 2. The van der Waals surface area contributed by atoms with Gasteiger partial charge >= 0.3 is 6.36 Å². The van der Waals surface area contributed by atoms with Crippen molar-refractivity contribution in [2.45, 2.75) is 20.2 Å². The molecule has 0 aromatic heterocycles. The number of hydrogen-bond donors (Lipinski definition) is 0. The van der Waals surface area contributed by atoms with Crippen LogP contribution in [-0.4, -0.2) is 60.7 Å². The minimum Gasteiger partial charge on any atom is -0.406 e. The molecule has 0 radical (unpaired) electrons. The van der Waals surface area contributed by atoms with E-state index in [9.17, 15) is 22.8 Å². The Balaban J connectivity index is 1.74. The summed E-state index contributed by atoms with van der Waals surface area (Å²) in [5, 5.41) is 0. The number of aryl methyl sites for hydroxylation is 1. The van der Waals surface area contributed by atoms with Crippen LogP contribution in [0.15, 0.2) is 54.2 Å². The molecule has 174 valence electrons. The molecule has 33 heavy (non-hydrogen) atoms. The lowest BCUT2D eigenvalue weighted by atomic mass is 10.0. The van der Waals surface area contributed by atoms with Crippen molar-refractivity contribution in [1.82, 2.24) is 9.80 Å². The van der Waals surface area contributed by atoms with E-state index in [2.05, 4.69) is 16.6 Å². The third-order valence-corrected chi connectivity index (χ3v) is 5.84. The van der Waals surface area contributed by atoms with Crippen LogP contribution in [0.5, 0.6) is 5.75 Å². The average Bonchev–Trinajstić information content (AvgIpc) is 3.03. The van der Waals surface area contributed by atoms with Crippen LogP contribution in [0.1, 0.15) is 18.1 Å². The van der Waals surface area contributed by atoms with Gasteiger partial charge < -0.3 is 14.5 Å². The van der Waals surface area contributed by atoms with E-state index in [4.69, 9.17) is 0 Å². The molecule has 0 unspecified atom stereocenters. The molecule has 0 N–H and O–H groups in total. The van der Waals surface area contributed by atoms with Gasteiger partial charge in [-0.1, -0.05) is 42.8 Å². The van der Waals surface area contributed by atoms with Crippen LogP contribution in [0.4, 0.5) is 18.9 Å². The Labute approximate surface area is 189 Å². The molecule has 0 atom stereocenters. The van der Waals surface area contributed by atoms with Crippen molar-refractivity contribution in [2.24, 2.45) is 0 Å². The van der Waals surface area contributed by atoms with Gasteiger partial charge in [-0.3, -0.25) is 9.59 Å². The maximum atomic E-state index is 13.5. The molecule has 0 aliphatic carbocycles. The number of halogens is 3. The fraction of sp³-hybridized carbons (Fsp3) is 0.333. The largest absolute Gasteiger partial charge is 0.573 e. The van der Waals surface area contributed by atoms with Gasteiger partial charge in [0.2, 0.25) is 0 Å². The Hall–Kier alpha value is -3.33. The van der Waals surface area contributed by atoms with Crippen LogP contribution in [0, 0.1) is 6.92 Å². The van der Waals surface area contributed by atoms with Crippen molar-refractivity contribution < 1.29 is 27.5 Å². The van der Waals surface area contributed by atoms with E-state index in [1.165, 1.54) is 12.1 Å². The summed E-state index contributed by atoms with van der Waals surface area (Å²) in [4.78, 5) is 32.1. The molecule has 1 fully saturated rings. The Morgan fingerprint density at radius 2 is 1.61 bits per heavy atom. The summed E-state index contributed by atoms with van der Waals surface area (Å²) in [6.07, 6.45) is -4.88. The van der Waals surface area contributed by atoms with Crippen LogP contribution in [-0.2, 0) is 9.59 Å². The van der Waals surface area contributed by atoms with Crippen molar-refractivity contribution in [2.75, 3.05) is 37.6 Å². The van der Waals surface area contributed by atoms with E-state index in [1.807, 2.05) is 24.0 Å². The lowest BCUT2D eigenvalue weighted by Crippen LogP contribution is -2.47. The lowest BCUT2D eigenvalue weighted by Gasteiger charge is -2.36. The minimum absolute atomic E-state index is 0.0264. The smallest absolute Gasteiger partial charge is 0.406 e. The van der Waals surface area contributed by atoms with Crippen LogP contribution in [0.2, 0.25) is 0 Å². The second-order valence-electron chi connectivity index (χ2n) is 8.00. The zero-order chi connectivity index (χ0) is 23.8. The molecule has 6 nitrogen and oxygen atoms in total. The number of nitrogens with zero attached hydrogens (tertiary/aromatic N) is 3. The van der Waals surface area contributed by atoms with E-state index in [-0.39, 0.29) is 17.0 Å². The molecule has 2 aliphatic heterocycles. The zero-order valence-electron chi connectivity index (χ0n) is 18.4. The van der Waals surface area contributed by atoms with E-state index in [0.717, 1.165) is 42.2 Å². The summed E-state index contributed by atoms with van der Waals surface area (Å²) in [6.45, 7) is 7.51. The van der Waals surface area contributed by atoms with Gasteiger partial charge in [-0.25, -0.2) is 4.90 Å². The number of likely N-dealkylation sites (N-methyl/N-ethyl adjacent to an activating group) is 1. The van der Waals surface area contributed by atoms with E-state index >= 15 is 0 Å². The highest BCUT2D eigenvalue weighted by Crippen LogP contribution is 2.37. The number of alkyl halides is 3. The number of ether oxygens (including phenoxy) is 1. The fourth-order valence-corrected chi connectivity index (χ4v) is 4.13. The Kier molecular flexibility index (Phi) is 6.16. The summed E-state index contributed by atoms with van der Waals surface area (Å²) < 4.78 is 42.1. The van der Waals surface area contributed by atoms with Crippen LogP contribution in [0.25, 0.3) is 5.57 Å². The van der Waals surface area contributed by atoms with Gasteiger partial charge in [0.15, 0.2) is 0 Å². The first kappa shape index (κ1) is 22.8. The van der Waals surface area contributed by atoms with Gasteiger partial charge in [0, 0.05) is 32.2 Å². The number of piperazine rings is 1. The highest BCUT2D eigenvalue weighted by molar-refractivity contribution is 6.45. The van der Waals surface area contributed by atoms with E-state index in [1.54, 1.807) is 12.1 Å². The summed E-state index contributed by atoms with van der Waals surface area (Å²) >= 11 is 0. The highest BCUT2D eigenvalue weighted by Gasteiger charge is 2.43. The molecule has 2 heterocycles. The van der Waals surface area contributed by atoms with Crippen LogP contribution >= 0.6 is 0 Å². The monoisotopic (exact) mass is 459 g/mol. The third kappa shape index (κ3) is 4.73. The minimum atomic E-state index is -4.88. The van der Waals surface area contributed by atoms with Crippen molar-refractivity contribution in [1.29, 1.82) is 0 Å². The predicted molar refractivity (Wildman–Crippen MR) is 117 cm³/mol. The predicted octanol–water partition coefficient (Wildman–Crippen LogP) is 3.82. The molecule has 1 saturated heterocycles. The molecule has 2 amide bonds. The first-order valence-electron chi connectivity index (χ1n) is 10.7. The van der Waals surface area contributed by atoms with E-state index < -0.39 is 23.9 Å². The molecule has 2 aromatic rings. The topological polar surface area (TPSA) is 53.1 Å². The maximum absolute atomic E-state index is 13.5. The van der Waals surface area contributed by atoms with Gasteiger partial charge in [0.1, 0.15) is 11.4 Å². The number of imide groups is 1. The van der Waals surface area contributed by atoms with Crippen molar-refractivity contribution in [3.63, 3.8) is 0 Å². The summed E-state index contributed by atoms with van der Waals surface area (Å²) in [7, 11) is 0. The first-order chi connectivity index (χ1) is 15.7. The number of hydrogen-bond acceptors (Lipinski definition) is 5. The van der Waals surface area contributed by atoms with Crippen molar-refractivity contribution >= 4 is 23.1 Å². The summed E-state index contributed by atoms with van der Waals surface area (Å²) in [5.41, 5.74) is 2.16. The molecule has 0 saturated carbocycles. The fourth-order valence-electron chi connectivity index (χ4n) is 4.13. The molecule has 0 spiro atoms. The number of benzene rings is 2. The van der Waals surface area contributed by atoms with E-state index in [0.29, 0.717) is 18.7 Å². The highest BCUT2D eigenvalue weighted by atomic mass is 19.4. The lowest BCUT2D eigenvalue weighted by molar-refractivity contribution is -0.274. The van der Waals surface area contributed by atoms with Crippen molar-refractivity contribution in [3.05, 3.63) is 65.4 Å². The molecule has 0 bridgehead atoms. The van der Waals surface area contributed by atoms with Crippen LogP contribution < -0.4 is 9.64 Å². The summed E-state index contributed by atoms with van der Waals surface area (Å²) in [5.74, 6) is -1.62.